The van der Waals surface area contributed by atoms with Crippen molar-refractivity contribution in [2.75, 3.05) is 6.54 Å². The molecule has 3 amide bonds. The maximum Gasteiger partial charge on any atom is 0.324 e. The molecule has 4 nitrogen and oxygen atoms in total. The molecule has 5 heteroatoms. The van der Waals surface area contributed by atoms with Crippen molar-refractivity contribution >= 4 is 27.9 Å². The number of carbonyl (C=O) groups excluding carboxylic acids is 2. The van der Waals surface area contributed by atoms with Crippen LogP contribution in [-0.4, -0.2) is 23.4 Å². The van der Waals surface area contributed by atoms with E-state index in [4.69, 9.17) is 0 Å². The fourth-order valence-electron chi connectivity index (χ4n) is 1.44. The highest BCUT2D eigenvalue weighted by molar-refractivity contribution is 9.10. The van der Waals surface area contributed by atoms with E-state index in [2.05, 4.69) is 21.2 Å². The molecule has 0 unspecified atom stereocenters. The number of nitrogens with zero attached hydrogens (tertiary/aromatic N) is 1. The number of halogens is 1. The van der Waals surface area contributed by atoms with Gasteiger partial charge in [-0.15, -0.1) is 0 Å². The van der Waals surface area contributed by atoms with Gasteiger partial charge in [0.15, 0.2) is 0 Å². The molecule has 0 radical (unpaired) electrons. The van der Waals surface area contributed by atoms with Gasteiger partial charge in [-0.3, -0.25) is 10.1 Å². The summed E-state index contributed by atoms with van der Waals surface area (Å²) in [6.07, 6.45) is 0. The summed E-state index contributed by atoms with van der Waals surface area (Å²) in [4.78, 5) is 23.7. The van der Waals surface area contributed by atoms with E-state index in [1.165, 1.54) is 4.90 Å². The number of amides is 3. The van der Waals surface area contributed by atoms with Gasteiger partial charge in [0.1, 0.15) is 6.54 Å². The van der Waals surface area contributed by atoms with Crippen LogP contribution < -0.4 is 5.32 Å². The zero-order valence-corrected chi connectivity index (χ0v) is 9.45. The Kier molecular flexibility index (Phi) is 2.73. The highest BCUT2D eigenvalue weighted by atomic mass is 79.9. The van der Waals surface area contributed by atoms with Gasteiger partial charge in [0.05, 0.1) is 0 Å². The molecule has 0 atom stereocenters. The van der Waals surface area contributed by atoms with Gasteiger partial charge in [-0.1, -0.05) is 34.1 Å². The SMILES string of the molecule is O=C1CN(Cc2ccccc2Br)C(=O)N1. The van der Waals surface area contributed by atoms with Crippen LogP contribution in [0, 0.1) is 0 Å². The Bertz CT molecular complexity index is 420. The van der Waals surface area contributed by atoms with Crippen LogP contribution in [-0.2, 0) is 11.3 Å². The number of carbonyl (C=O) groups is 2. The Labute approximate surface area is 95.4 Å². The number of hydrogen-bond acceptors (Lipinski definition) is 2. The van der Waals surface area contributed by atoms with Crippen LogP contribution in [0.1, 0.15) is 5.56 Å². The van der Waals surface area contributed by atoms with Crippen LogP contribution in [0.3, 0.4) is 0 Å². The first-order valence-corrected chi connectivity index (χ1v) is 5.28. The molecule has 0 aliphatic carbocycles. The lowest BCUT2D eigenvalue weighted by atomic mass is 10.2. The fourth-order valence-corrected chi connectivity index (χ4v) is 1.85. The summed E-state index contributed by atoms with van der Waals surface area (Å²) < 4.78 is 0.942. The fraction of sp³-hybridized carbons (Fsp3) is 0.200. The third kappa shape index (κ3) is 2.18. The predicted molar refractivity (Wildman–Crippen MR) is 58.1 cm³/mol. The maximum atomic E-state index is 11.3. The van der Waals surface area contributed by atoms with Gasteiger partial charge in [0.25, 0.3) is 0 Å². The predicted octanol–water partition coefficient (Wildman–Crippen LogP) is 1.50. The Hall–Kier alpha value is -1.36. The largest absolute Gasteiger partial charge is 0.324 e. The molecule has 1 aliphatic rings. The summed E-state index contributed by atoms with van der Waals surface area (Å²) in [5.41, 5.74) is 0.988. The van der Waals surface area contributed by atoms with Crippen molar-refractivity contribution in [2.45, 2.75) is 6.54 Å². The first kappa shape index (κ1) is 10.2. The lowest BCUT2D eigenvalue weighted by Gasteiger charge is -2.13. The van der Waals surface area contributed by atoms with Gasteiger partial charge in [0.2, 0.25) is 5.91 Å². The van der Waals surface area contributed by atoms with E-state index in [1.54, 1.807) is 0 Å². The van der Waals surface area contributed by atoms with Crippen LogP contribution in [0.25, 0.3) is 0 Å². The number of urea groups is 1. The summed E-state index contributed by atoms with van der Waals surface area (Å²) >= 11 is 3.40. The molecule has 2 rings (SSSR count). The van der Waals surface area contributed by atoms with E-state index in [0.717, 1.165) is 10.0 Å². The second-order valence-corrected chi connectivity index (χ2v) is 4.16. The Balaban J connectivity index is 2.13. The Morgan fingerprint density at radius 2 is 2.07 bits per heavy atom. The van der Waals surface area contributed by atoms with Gasteiger partial charge in [-0.05, 0) is 11.6 Å². The third-order valence-electron chi connectivity index (χ3n) is 2.19. The number of nitrogens with one attached hydrogen (secondary N) is 1. The maximum absolute atomic E-state index is 11.3. The minimum absolute atomic E-state index is 0.139. The summed E-state index contributed by atoms with van der Waals surface area (Å²) in [6, 6.07) is 7.31. The van der Waals surface area contributed by atoms with Crippen LogP contribution in [0.15, 0.2) is 28.7 Å². The smallest absolute Gasteiger partial charge is 0.311 e. The molecule has 1 aromatic rings. The second kappa shape index (κ2) is 4.02. The third-order valence-corrected chi connectivity index (χ3v) is 2.96. The first-order chi connectivity index (χ1) is 7.16. The lowest BCUT2D eigenvalue weighted by molar-refractivity contribution is -0.118. The van der Waals surface area contributed by atoms with Crippen molar-refractivity contribution in [1.82, 2.24) is 10.2 Å². The van der Waals surface area contributed by atoms with Crippen molar-refractivity contribution < 1.29 is 9.59 Å². The van der Waals surface area contributed by atoms with E-state index in [-0.39, 0.29) is 18.5 Å². The molecule has 0 aromatic heterocycles. The topological polar surface area (TPSA) is 49.4 Å². The van der Waals surface area contributed by atoms with Gasteiger partial charge in [0, 0.05) is 11.0 Å². The monoisotopic (exact) mass is 268 g/mol. The Morgan fingerprint density at radius 1 is 1.33 bits per heavy atom. The van der Waals surface area contributed by atoms with Gasteiger partial charge >= 0.3 is 6.03 Å². The van der Waals surface area contributed by atoms with Crippen LogP contribution in [0.2, 0.25) is 0 Å². The van der Waals surface area contributed by atoms with E-state index in [1.807, 2.05) is 24.3 Å². The minimum Gasteiger partial charge on any atom is -0.311 e. The normalized spacial score (nSPS) is 15.7. The quantitative estimate of drug-likeness (QED) is 0.827. The molecule has 1 saturated heterocycles. The molecule has 1 fully saturated rings. The van der Waals surface area contributed by atoms with Crippen molar-refractivity contribution in [1.29, 1.82) is 0 Å². The average Bonchev–Trinajstić information content (AvgIpc) is 2.49. The van der Waals surface area contributed by atoms with Crippen molar-refractivity contribution in [3.8, 4) is 0 Å². The van der Waals surface area contributed by atoms with Crippen molar-refractivity contribution in [2.24, 2.45) is 0 Å². The molecular formula is C10H9BrN2O2. The number of imide groups is 1. The lowest BCUT2D eigenvalue weighted by Crippen LogP contribution is -2.27. The van der Waals surface area contributed by atoms with E-state index in [9.17, 15) is 9.59 Å². The van der Waals surface area contributed by atoms with Gasteiger partial charge in [-0.2, -0.15) is 0 Å². The van der Waals surface area contributed by atoms with Crippen molar-refractivity contribution in [3.63, 3.8) is 0 Å². The first-order valence-electron chi connectivity index (χ1n) is 4.49. The molecular weight excluding hydrogens is 260 g/mol. The zero-order valence-electron chi connectivity index (χ0n) is 7.87. The zero-order chi connectivity index (χ0) is 10.8. The number of hydrogen-bond donors (Lipinski definition) is 1. The molecule has 0 bridgehead atoms. The summed E-state index contributed by atoms with van der Waals surface area (Å²) in [6.45, 7) is 0.583. The molecule has 0 spiro atoms. The highest BCUT2D eigenvalue weighted by Crippen LogP contribution is 2.18. The molecule has 0 saturated carbocycles. The standard InChI is InChI=1S/C10H9BrN2O2/c11-8-4-2-1-3-7(8)5-13-6-9(14)12-10(13)15/h1-4H,5-6H2,(H,12,14,15). The summed E-state index contributed by atoms with van der Waals surface area (Å²) in [5, 5.41) is 2.24. The summed E-state index contributed by atoms with van der Waals surface area (Å²) in [5.74, 6) is -0.243. The van der Waals surface area contributed by atoms with Crippen LogP contribution in [0.5, 0.6) is 0 Å². The summed E-state index contributed by atoms with van der Waals surface area (Å²) in [7, 11) is 0. The van der Waals surface area contributed by atoms with Crippen molar-refractivity contribution in [3.05, 3.63) is 34.3 Å². The van der Waals surface area contributed by atoms with E-state index >= 15 is 0 Å². The molecule has 78 valence electrons. The molecule has 1 aromatic carbocycles. The average molecular weight is 269 g/mol. The molecule has 1 aliphatic heterocycles. The van der Waals surface area contributed by atoms with Gasteiger partial charge in [-0.25, -0.2) is 4.79 Å². The second-order valence-electron chi connectivity index (χ2n) is 3.30. The minimum atomic E-state index is -0.323. The molecule has 1 N–H and O–H groups in total. The Morgan fingerprint density at radius 3 is 2.67 bits per heavy atom. The van der Waals surface area contributed by atoms with Crippen LogP contribution >= 0.6 is 15.9 Å². The van der Waals surface area contributed by atoms with E-state index in [0.29, 0.717) is 6.54 Å². The number of rotatable bonds is 2. The molecule has 1 heterocycles. The van der Waals surface area contributed by atoms with E-state index < -0.39 is 0 Å². The molecule has 15 heavy (non-hydrogen) atoms. The van der Waals surface area contributed by atoms with Gasteiger partial charge < -0.3 is 4.90 Å². The van der Waals surface area contributed by atoms with Crippen LogP contribution in [0.4, 0.5) is 4.79 Å². The number of benzene rings is 1. The highest BCUT2D eigenvalue weighted by Gasteiger charge is 2.26.